The first kappa shape index (κ1) is 28.1. The summed E-state index contributed by atoms with van der Waals surface area (Å²) in [6, 6.07) is -3.63. The van der Waals surface area contributed by atoms with Gasteiger partial charge in [-0.1, -0.05) is 20.3 Å². The van der Waals surface area contributed by atoms with Crippen LogP contribution in [-0.4, -0.2) is 71.5 Å². The Morgan fingerprint density at radius 1 is 0.933 bits per heavy atom. The van der Waals surface area contributed by atoms with Gasteiger partial charge in [-0.3, -0.25) is 19.2 Å². The van der Waals surface area contributed by atoms with Crippen LogP contribution in [0.4, 0.5) is 0 Å². The highest BCUT2D eigenvalue weighted by Gasteiger charge is 2.30. The quantitative estimate of drug-likeness (QED) is 0.180. The van der Waals surface area contributed by atoms with Crippen molar-refractivity contribution in [3.8, 4) is 0 Å². The predicted octanol–water partition coefficient (Wildman–Crippen LogP) is -0.589. The fourth-order valence-corrected chi connectivity index (χ4v) is 3.05. The molecule has 0 aromatic rings. The van der Waals surface area contributed by atoms with Crippen molar-refractivity contribution in [1.29, 1.82) is 0 Å². The van der Waals surface area contributed by atoms with Gasteiger partial charge in [0.25, 0.3) is 0 Å². The second kappa shape index (κ2) is 15.0. The zero-order valence-corrected chi connectivity index (χ0v) is 19.1. The molecule has 0 aromatic carbocycles. The second-order valence-corrected chi connectivity index (χ2v) is 8.52. The Bertz CT molecular complexity index is 576. The van der Waals surface area contributed by atoms with E-state index >= 15 is 0 Å². The fraction of sp³-hybridized carbons (Fsp3) is 0.789. The van der Waals surface area contributed by atoms with E-state index in [1.165, 1.54) is 18.7 Å². The normalized spacial score (nSPS) is 15.0. The third-order valence-electron chi connectivity index (χ3n) is 4.53. The number of unbranched alkanes of at least 4 members (excludes halogenated alkanes) is 1. The molecule has 0 aromatic heterocycles. The van der Waals surface area contributed by atoms with Crippen LogP contribution in [0, 0.1) is 5.92 Å². The lowest BCUT2D eigenvalue weighted by molar-refractivity contribution is -0.142. The van der Waals surface area contributed by atoms with Crippen molar-refractivity contribution in [1.82, 2.24) is 16.0 Å². The summed E-state index contributed by atoms with van der Waals surface area (Å²) < 4.78 is 0. The highest BCUT2D eigenvalue weighted by Crippen LogP contribution is 2.07. The number of aliphatic carboxylic acids is 1. The number of carbonyl (C=O) groups excluding carboxylic acids is 3. The van der Waals surface area contributed by atoms with E-state index < -0.39 is 47.9 Å². The molecule has 0 saturated heterocycles. The molecule has 0 rings (SSSR count). The minimum absolute atomic E-state index is 0.287. The number of rotatable bonds is 15. The van der Waals surface area contributed by atoms with Crippen molar-refractivity contribution in [2.45, 2.75) is 70.6 Å². The smallest absolute Gasteiger partial charge is 0.325 e. The molecule has 10 nitrogen and oxygen atoms in total. The standard InChI is InChI=1S/C19H37N5O5S/c1-11(2)15(18(27)22-12(3)19(28)29)24-17(26)14(8-10-30-4)23-16(25)13(21)7-5-6-9-20/h11-15H,5-10,20-21H2,1-4H3,(H,22,27)(H,23,25)(H,24,26)(H,28,29). The molecule has 0 heterocycles. The molecule has 0 bridgehead atoms. The van der Waals surface area contributed by atoms with Crippen LogP contribution in [0.2, 0.25) is 0 Å². The second-order valence-electron chi connectivity index (χ2n) is 7.53. The SMILES string of the molecule is CSCCC(NC(=O)C(N)CCCCN)C(=O)NC(C(=O)NC(C)C(=O)O)C(C)C. The molecule has 0 saturated carbocycles. The maximum Gasteiger partial charge on any atom is 0.325 e. The van der Waals surface area contributed by atoms with E-state index in [0.717, 1.165) is 6.42 Å². The Kier molecular flexibility index (Phi) is 14.1. The zero-order chi connectivity index (χ0) is 23.3. The van der Waals surface area contributed by atoms with Crippen LogP contribution in [0.15, 0.2) is 0 Å². The van der Waals surface area contributed by atoms with E-state index in [0.29, 0.717) is 31.6 Å². The van der Waals surface area contributed by atoms with Crippen LogP contribution < -0.4 is 27.4 Å². The Hall–Kier alpha value is -1.85. The molecule has 30 heavy (non-hydrogen) atoms. The first-order valence-electron chi connectivity index (χ1n) is 10.1. The minimum Gasteiger partial charge on any atom is -0.480 e. The van der Waals surface area contributed by atoms with E-state index in [1.807, 2.05) is 6.26 Å². The largest absolute Gasteiger partial charge is 0.480 e. The van der Waals surface area contributed by atoms with Crippen molar-refractivity contribution in [2.75, 3.05) is 18.6 Å². The van der Waals surface area contributed by atoms with Gasteiger partial charge in [0.05, 0.1) is 6.04 Å². The summed E-state index contributed by atoms with van der Waals surface area (Å²) in [4.78, 5) is 48.6. The van der Waals surface area contributed by atoms with Crippen LogP contribution in [0.3, 0.4) is 0 Å². The number of amides is 3. The summed E-state index contributed by atoms with van der Waals surface area (Å²) in [5, 5.41) is 16.7. The lowest BCUT2D eigenvalue weighted by Crippen LogP contribution is -2.58. The van der Waals surface area contributed by atoms with E-state index in [-0.39, 0.29) is 5.92 Å². The number of hydrogen-bond donors (Lipinski definition) is 6. The van der Waals surface area contributed by atoms with Gasteiger partial charge in [0.2, 0.25) is 17.7 Å². The summed E-state index contributed by atoms with van der Waals surface area (Å²) in [5.41, 5.74) is 11.4. The molecule has 0 radical (unpaired) electrons. The summed E-state index contributed by atoms with van der Waals surface area (Å²) in [5.74, 6) is -2.38. The van der Waals surface area contributed by atoms with Crippen molar-refractivity contribution < 1.29 is 24.3 Å². The van der Waals surface area contributed by atoms with Gasteiger partial charge in [-0.25, -0.2) is 0 Å². The maximum absolute atomic E-state index is 12.8. The van der Waals surface area contributed by atoms with Gasteiger partial charge in [-0.15, -0.1) is 0 Å². The van der Waals surface area contributed by atoms with Gasteiger partial charge in [0.15, 0.2) is 0 Å². The van der Waals surface area contributed by atoms with Crippen molar-refractivity contribution >= 4 is 35.5 Å². The molecule has 0 aliphatic carbocycles. The van der Waals surface area contributed by atoms with Crippen LogP contribution in [0.1, 0.15) is 46.5 Å². The molecule has 0 spiro atoms. The number of nitrogens with two attached hydrogens (primary N) is 2. The predicted molar refractivity (Wildman–Crippen MR) is 118 cm³/mol. The number of nitrogens with one attached hydrogen (secondary N) is 3. The van der Waals surface area contributed by atoms with Crippen LogP contribution in [0.5, 0.6) is 0 Å². The molecule has 4 atom stereocenters. The highest BCUT2D eigenvalue weighted by molar-refractivity contribution is 7.98. The summed E-state index contributed by atoms with van der Waals surface area (Å²) >= 11 is 1.52. The van der Waals surface area contributed by atoms with Crippen molar-refractivity contribution in [3.63, 3.8) is 0 Å². The molecule has 8 N–H and O–H groups in total. The first-order valence-corrected chi connectivity index (χ1v) is 11.5. The summed E-state index contributed by atoms with van der Waals surface area (Å²) in [7, 11) is 0. The van der Waals surface area contributed by atoms with Gasteiger partial charge >= 0.3 is 5.97 Å². The lowest BCUT2D eigenvalue weighted by atomic mass is 10.0. The average molecular weight is 448 g/mol. The van der Waals surface area contributed by atoms with E-state index in [9.17, 15) is 19.2 Å². The van der Waals surface area contributed by atoms with Gasteiger partial charge in [-0.05, 0) is 50.7 Å². The Morgan fingerprint density at radius 2 is 1.57 bits per heavy atom. The van der Waals surface area contributed by atoms with Crippen LogP contribution in [-0.2, 0) is 19.2 Å². The van der Waals surface area contributed by atoms with Gasteiger partial charge in [0.1, 0.15) is 18.1 Å². The molecule has 4 unspecified atom stereocenters. The highest BCUT2D eigenvalue weighted by atomic mass is 32.2. The molecule has 11 heteroatoms. The van der Waals surface area contributed by atoms with Crippen LogP contribution >= 0.6 is 11.8 Å². The number of hydrogen-bond acceptors (Lipinski definition) is 7. The molecule has 3 amide bonds. The Labute approximate surface area is 182 Å². The molecule has 0 aliphatic rings. The number of carboxylic acid groups (broad SMARTS) is 1. The Morgan fingerprint density at radius 3 is 2.07 bits per heavy atom. The zero-order valence-electron chi connectivity index (χ0n) is 18.3. The van der Waals surface area contributed by atoms with E-state index in [2.05, 4.69) is 16.0 Å². The fourth-order valence-electron chi connectivity index (χ4n) is 2.58. The number of carboxylic acids is 1. The number of carbonyl (C=O) groups is 4. The average Bonchev–Trinajstić information content (AvgIpc) is 2.68. The van der Waals surface area contributed by atoms with E-state index in [4.69, 9.17) is 16.6 Å². The number of thioether (sulfide) groups is 1. The molecule has 0 fully saturated rings. The molecule has 174 valence electrons. The molecular formula is C19H37N5O5S. The lowest BCUT2D eigenvalue weighted by Gasteiger charge is -2.26. The van der Waals surface area contributed by atoms with Gasteiger partial charge < -0.3 is 32.5 Å². The minimum atomic E-state index is -1.18. The summed E-state index contributed by atoms with van der Waals surface area (Å²) in [6.07, 6.45) is 4.19. The van der Waals surface area contributed by atoms with Crippen LogP contribution in [0.25, 0.3) is 0 Å². The molecule has 0 aliphatic heterocycles. The van der Waals surface area contributed by atoms with Gasteiger partial charge in [0, 0.05) is 0 Å². The molecular weight excluding hydrogens is 410 g/mol. The summed E-state index contributed by atoms with van der Waals surface area (Å²) in [6.45, 7) is 5.33. The van der Waals surface area contributed by atoms with Gasteiger partial charge in [-0.2, -0.15) is 11.8 Å². The first-order chi connectivity index (χ1) is 14.0. The monoisotopic (exact) mass is 447 g/mol. The Balaban J connectivity index is 5.13. The maximum atomic E-state index is 12.8. The van der Waals surface area contributed by atoms with Crippen molar-refractivity contribution in [3.05, 3.63) is 0 Å². The third kappa shape index (κ3) is 10.8. The van der Waals surface area contributed by atoms with Crippen molar-refractivity contribution in [2.24, 2.45) is 17.4 Å². The topological polar surface area (TPSA) is 177 Å². The third-order valence-corrected chi connectivity index (χ3v) is 5.17. The van der Waals surface area contributed by atoms with E-state index in [1.54, 1.807) is 13.8 Å².